The molecule has 0 atom stereocenters. The Morgan fingerprint density at radius 2 is 1.52 bits per heavy atom. The topological polar surface area (TPSA) is 25.8 Å². The van der Waals surface area contributed by atoms with Gasteiger partial charge in [0.1, 0.15) is 0 Å². The van der Waals surface area contributed by atoms with E-state index in [-0.39, 0.29) is 0 Å². The molecule has 29 heavy (non-hydrogen) atoms. The molecule has 1 fully saturated rings. The maximum atomic E-state index is 4.41. The summed E-state index contributed by atoms with van der Waals surface area (Å²) in [6.45, 7) is 4.52. The van der Waals surface area contributed by atoms with E-state index in [0.717, 1.165) is 23.8 Å². The van der Waals surface area contributed by atoms with E-state index in [9.17, 15) is 0 Å². The van der Waals surface area contributed by atoms with Crippen LogP contribution >= 0.6 is 0 Å². The second kappa shape index (κ2) is 11.8. The molecule has 1 aromatic heterocycles. The van der Waals surface area contributed by atoms with Gasteiger partial charge in [0.2, 0.25) is 5.82 Å². The number of aryl methyl sites for hydroxylation is 1. The summed E-state index contributed by atoms with van der Waals surface area (Å²) in [6.07, 6.45) is 18.3. The van der Waals surface area contributed by atoms with Crippen molar-refractivity contribution in [1.29, 1.82) is 0 Å². The van der Waals surface area contributed by atoms with Crippen LogP contribution in [0.4, 0.5) is 0 Å². The third-order valence-corrected chi connectivity index (χ3v) is 6.29. The van der Waals surface area contributed by atoms with E-state index in [1.807, 2.05) is 12.4 Å². The molecule has 0 saturated heterocycles. The zero-order valence-electron chi connectivity index (χ0n) is 18.3. The monoisotopic (exact) mass is 388 g/mol. The Kier molecular flexibility index (Phi) is 8.75. The van der Waals surface area contributed by atoms with Crippen LogP contribution in [0.2, 0.25) is 0 Å². The van der Waals surface area contributed by atoms with Crippen molar-refractivity contribution in [3.05, 3.63) is 59.2 Å². The van der Waals surface area contributed by atoms with Crippen LogP contribution in [0.3, 0.4) is 0 Å². The molecule has 1 aromatic carbocycles. The first-order valence-corrected chi connectivity index (χ1v) is 11.7. The average Bonchev–Trinajstić information content (AvgIpc) is 2.78. The van der Waals surface area contributed by atoms with Crippen LogP contribution in [0.1, 0.15) is 106 Å². The van der Waals surface area contributed by atoms with Gasteiger partial charge in [-0.3, -0.25) is 0 Å². The summed E-state index contributed by atoms with van der Waals surface area (Å²) in [5, 5.41) is 0. The highest BCUT2D eigenvalue weighted by molar-refractivity contribution is 5.40. The number of hydrogen-bond acceptors (Lipinski definition) is 2. The molecular formula is C27H36N2. The van der Waals surface area contributed by atoms with Gasteiger partial charge in [0.05, 0.1) is 0 Å². The Hall–Kier alpha value is -2.14. The van der Waals surface area contributed by atoms with E-state index >= 15 is 0 Å². The summed E-state index contributed by atoms with van der Waals surface area (Å²) in [6, 6.07) is 8.87. The molecule has 1 aliphatic rings. The quantitative estimate of drug-likeness (QED) is 0.357. The van der Waals surface area contributed by atoms with Gasteiger partial charge in [0.15, 0.2) is 0 Å². The molecule has 0 unspecified atom stereocenters. The van der Waals surface area contributed by atoms with Gasteiger partial charge in [0.25, 0.3) is 0 Å². The molecule has 154 valence electrons. The van der Waals surface area contributed by atoms with Gasteiger partial charge >= 0.3 is 0 Å². The van der Waals surface area contributed by atoms with Crippen molar-refractivity contribution in [1.82, 2.24) is 9.97 Å². The van der Waals surface area contributed by atoms with Gasteiger partial charge in [-0.15, -0.1) is 0 Å². The fourth-order valence-corrected chi connectivity index (χ4v) is 4.37. The SMILES string of the molecule is CCCCCc1cnc(C#Cc2ccc([C@H]3CC[C@H](CCCC)CC3)cc2)nc1. The van der Waals surface area contributed by atoms with Crippen LogP contribution < -0.4 is 0 Å². The minimum absolute atomic E-state index is 0.610. The standard InChI is InChI=1S/C27H36N2/c1-3-5-7-9-24-20-28-27(29-21-24)19-14-23-12-17-26(18-13-23)25-15-10-22(11-16-25)8-6-4-2/h12-13,17-18,20-22,25H,3-11,15-16H2,1-2H3/t22-,25-. The number of rotatable bonds is 8. The Bertz CT molecular complexity index is 772. The summed E-state index contributed by atoms with van der Waals surface area (Å²) in [4.78, 5) is 8.81. The van der Waals surface area contributed by atoms with Crippen molar-refractivity contribution >= 4 is 0 Å². The van der Waals surface area contributed by atoms with Gasteiger partial charge in [-0.25, -0.2) is 9.97 Å². The highest BCUT2D eigenvalue weighted by atomic mass is 14.8. The highest BCUT2D eigenvalue weighted by Gasteiger charge is 2.21. The van der Waals surface area contributed by atoms with Gasteiger partial charge in [-0.1, -0.05) is 64.0 Å². The Morgan fingerprint density at radius 1 is 0.828 bits per heavy atom. The molecule has 1 saturated carbocycles. The second-order valence-corrected chi connectivity index (χ2v) is 8.60. The molecule has 1 heterocycles. The van der Waals surface area contributed by atoms with E-state index in [1.54, 1.807) is 0 Å². The van der Waals surface area contributed by atoms with Crippen molar-refractivity contribution in [3.63, 3.8) is 0 Å². The van der Waals surface area contributed by atoms with Crippen LogP contribution in [-0.2, 0) is 6.42 Å². The summed E-state index contributed by atoms with van der Waals surface area (Å²) in [5.41, 5.74) is 3.73. The first-order valence-electron chi connectivity index (χ1n) is 11.7. The van der Waals surface area contributed by atoms with Crippen molar-refractivity contribution in [2.75, 3.05) is 0 Å². The number of benzene rings is 1. The van der Waals surface area contributed by atoms with Crippen LogP contribution in [-0.4, -0.2) is 9.97 Å². The van der Waals surface area contributed by atoms with Gasteiger partial charge in [-0.05, 0) is 79.5 Å². The summed E-state index contributed by atoms with van der Waals surface area (Å²) < 4.78 is 0. The Labute approximate surface area is 177 Å². The van der Waals surface area contributed by atoms with Crippen LogP contribution in [0.15, 0.2) is 36.7 Å². The van der Waals surface area contributed by atoms with Crippen LogP contribution in [0.5, 0.6) is 0 Å². The van der Waals surface area contributed by atoms with Crippen molar-refractivity contribution < 1.29 is 0 Å². The Morgan fingerprint density at radius 3 is 2.17 bits per heavy atom. The lowest BCUT2D eigenvalue weighted by Crippen LogP contribution is -2.13. The van der Waals surface area contributed by atoms with Crippen molar-refractivity contribution in [3.8, 4) is 11.8 Å². The summed E-state index contributed by atoms with van der Waals surface area (Å²) in [5.74, 6) is 8.64. The zero-order chi connectivity index (χ0) is 20.3. The minimum atomic E-state index is 0.610. The number of aromatic nitrogens is 2. The number of nitrogens with zero attached hydrogens (tertiary/aromatic N) is 2. The molecule has 0 amide bonds. The van der Waals surface area contributed by atoms with Crippen molar-refractivity contribution in [2.45, 2.75) is 90.4 Å². The predicted octanol–water partition coefficient (Wildman–Crippen LogP) is 7.07. The smallest absolute Gasteiger partial charge is 0.205 e. The lowest BCUT2D eigenvalue weighted by molar-refractivity contribution is 0.304. The molecule has 0 N–H and O–H groups in total. The number of hydrogen-bond donors (Lipinski definition) is 0. The number of unbranched alkanes of at least 4 members (excludes halogenated alkanes) is 3. The first kappa shape index (κ1) is 21.6. The molecule has 0 bridgehead atoms. The average molecular weight is 389 g/mol. The van der Waals surface area contributed by atoms with Gasteiger partial charge in [0, 0.05) is 18.0 Å². The molecule has 0 radical (unpaired) electrons. The predicted molar refractivity (Wildman–Crippen MR) is 122 cm³/mol. The molecular weight excluding hydrogens is 352 g/mol. The molecule has 0 aliphatic heterocycles. The fourth-order valence-electron chi connectivity index (χ4n) is 4.37. The Balaban J connectivity index is 1.51. The van der Waals surface area contributed by atoms with Gasteiger partial charge < -0.3 is 0 Å². The third kappa shape index (κ3) is 7.00. The second-order valence-electron chi connectivity index (χ2n) is 8.60. The maximum absolute atomic E-state index is 4.41. The third-order valence-electron chi connectivity index (χ3n) is 6.29. The molecule has 1 aliphatic carbocycles. The fraction of sp³-hybridized carbons (Fsp3) is 0.556. The lowest BCUT2D eigenvalue weighted by Gasteiger charge is -2.28. The molecule has 3 rings (SSSR count). The normalized spacial score (nSPS) is 18.8. The highest BCUT2D eigenvalue weighted by Crippen LogP contribution is 2.37. The zero-order valence-corrected chi connectivity index (χ0v) is 18.3. The molecule has 2 heteroatoms. The van der Waals surface area contributed by atoms with E-state index in [2.05, 4.69) is 59.9 Å². The molecule has 2 nitrogen and oxygen atoms in total. The van der Waals surface area contributed by atoms with Crippen LogP contribution in [0, 0.1) is 17.8 Å². The lowest BCUT2D eigenvalue weighted by atomic mass is 9.77. The first-order chi connectivity index (χ1) is 14.3. The summed E-state index contributed by atoms with van der Waals surface area (Å²) in [7, 11) is 0. The summed E-state index contributed by atoms with van der Waals surface area (Å²) >= 11 is 0. The van der Waals surface area contributed by atoms with Crippen LogP contribution in [0.25, 0.3) is 0 Å². The molecule has 2 aromatic rings. The maximum Gasteiger partial charge on any atom is 0.205 e. The van der Waals surface area contributed by atoms with E-state index in [0.29, 0.717) is 5.82 Å². The minimum Gasteiger partial charge on any atom is -0.229 e. The van der Waals surface area contributed by atoms with E-state index in [4.69, 9.17) is 0 Å². The molecule has 0 spiro atoms. The van der Waals surface area contributed by atoms with E-state index in [1.165, 1.54) is 75.3 Å². The van der Waals surface area contributed by atoms with Crippen molar-refractivity contribution in [2.24, 2.45) is 5.92 Å². The van der Waals surface area contributed by atoms with E-state index < -0.39 is 0 Å². The van der Waals surface area contributed by atoms with Gasteiger partial charge in [-0.2, -0.15) is 0 Å². The largest absolute Gasteiger partial charge is 0.229 e.